The number of aromatic nitrogens is 1. The predicted octanol–water partition coefficient (Wildman–Crippen LogP) is 4.32. The topological polar surface area (TPSA) is 60.7 Å². The van der Waals surface area contributed by atoms with E-state index in [0.717, 1.165) is 20.1 Å². The highest BCUT2D eigenvalue weighted by atomic mass is 79.9. The lowest BCUT2D eigenvalue weighted by Gasteiger charge is -2.24. The first-order valence-electron chi connectivity index (χ1n) is 9.59. The molecule has 1 aliphatic rings. The smallest absolute Gasteiger partial charge is 0.338 e. The van der Waals surface area contributed by atoms with Gasteiger partial charge in [0.05, 0.1) is 28.5 Å². The molecule has 0 spiro atoms. The summed E-state index contributed by atoms with van der Waals surface area (Å²) >= 11 is 8.22. The van der Waals surface area contributed by atoms with Crippen molar-refractivity contribution in [2.75, 3.05) is 6.61 Å². The Bertz CT molecular complexity index is 1370. The lowest BCUT2D eigenvalue weighted by atomic mass is 9.96. The van der Waals surface area contributed by atoms with E-state index >= 15 is 0 Å². The Morgan fingerprint density at radius 2 is 1.94 bits per heavy atom. The molecule has 4 rings (SSSR count). The summed E-state index contributed by atoms with van der Waals surface area (Å²) in [5, 5.41) is 0. The van der Waals surface area contributed by atoms with Gasteiger partial charge in [0.15, 0.2) is 4.80 Å². The second-order valence-corrected chi connectivity index (χ2v) is 9.75. The molecular weight excluding hydrogens is 544 g/mol. The molecule has 1 unspecified atom stereocenters. The van der Waals surface area contributed by atoms with E-state index in [9.17, 15) is 9.59 Å². The first kappa shape index (κ1) is 21.9. The number of hydrogen-bond acceptors (Lipinski definition) is 5. The lowest BCUT2D eigenvalue weighted by molar-refractivity contribution is -0.139. The maximum atomic E-state index is 13.5. The minimum absolute atomic E-state index is 0.189. The van der Waals surface area contributed by atoms with Crippen LogP contribution in [0.4, 0.5) is 0 Å². The number of benzene rings is 2. The summed E-state index contributed by atoms with van der Waals surface area (Å²) in [7, 11) is 0. The minimum atomic E-state index is -0.604. The number of carbonyl (C=O) groups is 1. The zero-order valence-electron chi connectivity index (χ0n) is 16.8. The minimum Gasteiger partial charge on any atom is -0.463 e. The van der Waals surface area contributed by atoms with Gasteiger partial charge in [-0.05, 0) is 55.3 Å². The van der Waals surface area contributed by atoms with Gasteiger partial charge in [-0.15, -0.1) is 0 Å². The average Bonchev–Trinajstić information content (AvgIpc) is 3.02. The van der Waals surface area contributed by atoms with Gasteiger partial charge < -0.3 is 4.74 Å². The van der Waals surface area contributed by atoms with E-state index in [1.54, 1.807) is 18.4 Å². The van der Waals surface area contributed by atoms with Crippen molar-refractivity contribution >= 4 is 55.2 Å². The third-order valence-corrected chi connectivity index (χ3v) is 6.85. The predicted molar refractivity (Wildman–Crippen MR) is 129 cm³/mol. The molecule has 1 aliphatic heterocycles. The highest BCUT2D eigenvalue weighted by Gasteiger charge is 2.33. The summed E-state index contributed by atoms with van der Waals surface area (Å²) in [6.45, 7) is 3.79. The molecule has 158 valence electrons. The number of hydrogen-bond donors (Lipinski definition) is 0. The number of carbonyl (C=O) groups excluding carboxylic acids is 1. The molecule has 3 aromatic rings. The van der Waals surface area contributed by atoms with Gasteiger partial charge in [-0.3, -0.25) is 9.36 Å². The van der Waals surface area contributed by atoms with Crippen molar-refractivity contribution in [2.45, 2.75) is 19.9 Å². The van der Waals surface area contributed by atoms with Crippen molar-refractivity contribution in [3.63, 3.8) is 0 Å². The Morgan fingerprint density at radius 1 is 1.19 bits per heavy atom. The van der Waals surface area contributed by atoms with Crippen molar-refractivity contribution in [2.24, 2.45) is 4.99 Å². The SMILES string of the molecule is CCOC(=O)C1=C(C)N=c2sc(=Cc3cccc(Br)c3)c(=O)n2C1c1ccc(Br)cc1. The summed E-state index contributed by atoms with van der Waals surface area (Å²) < 4.78 is 9.30. The number of ether oxygens (including phenoxy) is 1. The van der Waals surface area contributed by atoms with E-state index in [1.165, 1.54) is 11.3 Å². The first-order valence-corrected chi connectivity index (χ1v) is 12.0. The van der Waals surface area contributed by atoms with Gasteiger partial charge in [-0.1, -0.05) is 67.5 Å². The van der Waals surface area contributed by atoms with E-state index in [2.05, 4.69) is 36.9 Å². The highest BCUT2D eigenvalue weighted by Crippen LogP contribution is 2.31. The molecule has 8 heteroatoms. The van der Waals surface area contributed by atoms with Crippen molar-refractivity contribution < 1.29 is 9.53 Å². The summed E-state index contributed by atoms with van der Waals surface area (Å²) in [5.41, 5.74) is 2.47. The Hall–Kier alpha value is -2.29. The Kier molecular flexibility index (Phi) is 6.41. The largest absolute Gasteiger partial charge is 0.463 e. The van der Waals surface area contributed by atoms with Crippen LogP contribution in [0, 0.1) is 0 Å². The fourth-order valence-corrected chi connectivity index (χ4v) is 5.23. The van der Waals surface area contributed by atoms with Gasteiger partial charge in [0.2, 0.25) is 0 Å². The van der Waals surface area contributed by atoms with Gasteiger partial charge in [0.25, 0.3) is 5.56 Å². The fourth-order valence-electron chi connectivity index (χ4n) is 3.50. The van der Waals surface area contributed by atoms with Crippen molar-refractivity contribution in [1.29, 1.82) is 0 Å². The molecule has 0 N–H and O–H groups in total. The van der Waals surface area contributed by atoms with E-state index in [-0.39, 0.29) is 12.2 Å². The van der Waals surface area contributed by atoms with Gasteiger partial charge in [0, 0.05) is 8.95 Å². The molecule has 0 fully saturated rings. The van der Waals surface area contributed by atoms with Crippen LogP contribution < -0.4 is 14.9 Å². The third kappa shape index (κ3) is 4.37. The summed E-state index contributed by atoms with van der Waals surface area (Å²) in [4.78, 5) is 31.5. The Labute approximate surface area is 199 Å². The Morgan fingerprint density at radius 3 is 2.61 bits per heavy atom. The normalized spacial score (nSPS) is 16.1. The van der Waals surface area contributed by atoms with Crippen LogP contribution in [0.25, 0.3) is 6.08 Å². The summed E-state index contributed by atoms with van der Waals surface area (Å²) in [5.74, 6) is -0.460. The van der Waals surface area contributed by atoms with E-state index in [4.69, 9.17) is 4.74 Å². The van der Waals surface area contributed by atoms with Gasteiger partial charge in [-0.2, -0.15) is 0 Å². The van der Waals surface area contributed by atoms with Crippen molar-refractivity contribution in [1.82, 2.24) is 4.57 Å². The molecule has 2 heterocycles. The number of thiazole rings is 1. The molecule has 0 bridgehead atoms. The zero-order chi connectivity index (χ0) is 22.1. The summed E-state index contributed by atoms with van der Waals surface area (Å²) in [6, 6.07) is 14.7. The standard InChI is InChI=1S/C23H18Br2N2O3S/c1-3-30-22(29)19-13(2)26-23-27(20(19)15-7-9-16(24)10-8-15)21(28)18(31-23)12-14-5-4-6-17(25)11-14/h4-12,20H,3H2,1-2H3. The number of rotatable bonds is 4. The quantitative estimate of drug-likeness (QED) is 0.446. The van der Waals surface area contributed by atoms with Crippen molar-refractivity contribution in [3.8, 4) is 0 Å². The molecule has 0 saturated heterocycles. The lowest BCUT2D eigenvalue weighted by Crippen LogP contribution is -2.39. The molecule has 0 amide bonds. The number of halogens is 2. The Balaban J connectivity index is 1.96. The molecule has 1 atom stereocenters. The van der Waals surface area contributed by atoms with Crippen LogP contribution in [0.15, 0.2) is 78.5 Å². The second kappa shape index (κ2) is 9.06. The highest BCUT2D eigenvalue weighted by molar-refractivity contribution is 9.10. The van der Waals surface area contributed by atoms with Crippen molar-refractivity contribution in [3.05, 3.63) is 99.6 Å². The fraction of sp³-hybridized carbons (Fsp3) is 0.174. The number of esters is 1. The van der Waals surface area contributed by atoms with Crippen LogP contribution >= 0.6 is 43.2 Å². The van der Waals surface area contributed by atoms with Crippen LogP contribution in [0.1, 0.15) is 31.0 Å². The molecule has 1 aromatic heterocycles. The molecule has 5 nitrogen and oxygen atoms in total. The summed E-state index contributed by atoms with van der Waals surface area (Å²) in [6.07, 6.45) is 1.84. The monoisotopic (exact) mass is 560 g/mol. The molecule has 2 aromatic carbocycles. The molecular formula is C23H18Br2N2O3S. The number of fused-ring (bicyclic) bond motifs is 1. The zero-order valence-corrected chi connectivity index (χ0v) is 20.8. The maximum absolute atomic E-state index is 13.5. The van der Waals surface area contributed by atoms with E-state index in [0.29, 0.717) is 20.6 Å². The second-order valence-electron chi connectivity index (χ2n) is 6.91. The third-order valence-electron chi connectivity index (χ3n) is 4.85. The molecule has 0 aliphatic carbocycles. The van der Waals surface area contributed by atoms with Crippen LogP contribution in [-0.4, -0.2) is 17.1 Å². The van der Waals surface area contributed by atoms with Crippen LogP contribution in [-0.2, 0) is 9.53 Å². The number of allylic oxidation sites excluding steroid dienone is 1. The van der Waals surface area contributed by atoms with Gasteiger partial charge >= 0.3 is 5.97 Å². The van der Waals surface area contributed by atoms with Crippen LogP contribution in [0.2, 0.25) is 0 Å². The molecule has 0 saturated carbocycles. The van der Waals surface area contributed by atoms with Crippen LogP contribution in [0.3, 0.4) is 0 Å². The van der Waals surface area contributed by atoms with Gasteiger partial charge in [-0.25, -0.2) is 9.79 Å². The van der Waals surface area contributed by atoms with Gasteiger partial charge in [0.1, 0.15) is 0 Å². The number of nitrogens with zero attached hydrogens (tertiary/aromatic N) is 2. The maximum Gasteiger partial charge on any atom is 0.338 e. The van der Waals surface area contributed by atoms with Crippen LogP contribution in [0.5, 0.6) is 0 Å². The molecule has 31 heavy (non-hydrogen) atoms. The first-order chi connectivity index (χ1) is 14.9. The molecule has 0 radical (unpaired) electrons. The van der Waals surface area contributed by atoms with E-state index in [1.807, 2.05) is 54.6 Å². The average molecular weight is 562 g/mol. The van der Waals surface area contributed by atoms with E-state index < -0.39 is 12.0 Å².